The monoisotopic (exact) mass is 362 g/mol. The lowest BCUT2D eigenvalue weighted by atomic mass is 9.92. The molecule has 2 aromatic heterocycles. The fourth-order valence-corrected chi connectivity index (χ4v) is 4.42. The van der Waals surface area contributed by atoms with Crippen molar-refractivity contribution in [1.29, 1.82) is 0 Å². The van der Waals surface area contributed by atoms with Gasteiger partial charge < -0.3 is 15.0 Å². The molecule has 0 radical (unpaired) electrons. The van der Waals surface area contributed by atoms with Gasteiger partial charge in [0.1, 0.15) is 11.2 Å². The van der Waals surface area contributed by atoms with Gasteiger partial charge in [-0.3, -0.25) is 14.0 Å². The van der Waals surface area contributed by atoms with Gasteiger partial charge >= 0.3 is 6.09 Å². The lowest BCUT2D eigenvalue weighted by molar-refractivity contribution is -0.00512. The summed E-state index contributed by atoms with van der Waals surface area (Å²) in [4.78, 5) is 44.6. The molecule has 1 spiro atoms. The van der Waals surface area contributed by atoms with Crippen molar-refractivity contribution in [3.63, 3.8) is 0 Å². The van der Waals surface area contributed by atoms with Gasteiger partial charge in [0.15, 0.2) is 4.96 Å². The van der Waals surface area contributed by atoms with Crippen molar-refractivity contribution in [2.45, 2.75) is 32.3 Å². The standard InChI is InChI=1S/C16H18N4O4S/c1-9-10(2)25-14-17-6-11(13(22)20(9)14)12(21)19-5-3-4-16(8-19)7-18-15(23)24-16/h6H,3-5,7-8H2,1-2H3,(H,18,23)/t16-/m1/s1. The third-order valence-corrected chi connectivity index (χ3v) is 6.01. The SMILES string of the molecule is Cc1sc2ncc(C(=O)N3CCC[C@@]4(CNC(=O)O4)C3)c(=O)n2c1C. The summed E-state index contributed by atoms with van der Waals surface area (Å²) in [5.41, 5.74) is -0.185. The van der Waals surface area contributed by atoms with Crippen molar-refractivity contribution in [2.24, 2.45) is 0 Å². The summed E-state index contributed by atoms with van der Waals surface area (Å²) in [6, 6.07) is 0. The van der Waals surface area contributed by atoms with Gasteiger partial charge in [0.25, 0.3) is 11.5 Å². The summed E-state index contributed by atoms with van der Waals surface area (Å²) >= 11 is 1.43. The zero-order chi connectivity index (χ0) is 17.8. The molecule has 0 saturated carbocycles. The van der Waals surface area contributed by atoms with E-state index in [-0.39, 0.29) is 23.6 Å². The highest BCUT2D eigenvalue weighted by molar-refractivity contribution is 7.17. The molecular weight excluding hydrogens is 344 g/mol. The molecule has 2 amide bonds. The number of hydrogen-bond acceptors (Lipinski definition) is 6. The van der Waals surface area contributed by atoms with Crippen LogP contribution in [-0.2, 0) is 4.74 Å². The summed E-state index contributed by atoms with van der Waals surface area (Å²) < 4.78 is 6.88. The van der Waals surface area contributed by atoms with E-state index in [0.717, 1.165) is 10.6 Å². The average Bonchev–Trinajstić information content (AvgIpc) is 3.08. The Morgan fingerprint density at radius 2 is 2.20 bits per heavy atom. The van der Waals surface area contributed by atoms with Crippen LogP contribution < -0.4 is 10.9 Å². The largest absolute Gasteiger partial charge is 0.439 e. The molecule has 0 aliphatic carbocycles. The van der Waals surface area contributed by atoms with Crippen LogP contribution in [0.4, 0.5) is 4.79 Å². The van der Waals surface area contributed by atoms with Crippen molar-refractivity contribution >= 4 is 28.3 Å². The minimum absolute atomic E-state index is 0.0488. The minimum atomic E-state index is -0.687. The number of fused-ring (bicyclic) bond motifs is 1. The Labute approximate surface area is 147 Å². The smallest absolute Gasteiger partial charge is 0.407 e. The van der Waals surface area contributed by atoms with Crippen molar-refractivity contribution in [3.8, 4) is 0 Å². The van der Waals surface area contributed by atoms with Gasteiger partial charge in [0.05, 0.1) is 13.1 Å². The number of carbonyl (C=O) groups is 2. The number of carbonyl (C=O) groups excluding carboxylic acids is 2. The van der Waals surface area contributed by atoms with Gasteiger partial charge in [-0.05, 0) is 26.7 Å². The maximum atomic E-state index is 12.9. The molecule has 4 rings (SSSR count). The number of hydrogen-bond donors (Lipinski definition) is 1. The first-order valence-corrected chi connectivity index (χ1v) is 8.96. The van der Waals surface area contributed by atoms with E-state index in [9.17, 15) is 14.4 Å². The topological polar surface area (TPSA) is 93.0 Å². The third-order valence-electron chi connectivity index (χ3n) is 4.94. The Morgan fingerprint density at radius 3 is 2.92 bits per heavy atom. The van der Waals surface area contributed by atoms with Crippen LogP contribution >= 0.6 is 11.3 Å². The van der Waals surface area contributed by atoms with Gasteiger partial charge in [-0.25, -0.2) is 9.78 Å². The van der Waals surface area contributed by atoms with E-state index in [0.29, 0.717) is 30.9 Å². The maximum absolute atomic E-state index is 12.9. The van der Waals surface area contributed by atoms with Crippen LogP contribution in [0.3, 0.4) is 0 Å². The van der Waals surface area contributed by atoms with Crippen LogP contribution in [0.15, 0.2) is 11.0 Å². The Balaban J connectivity index is 1.68. The fourth-order valence-electron chi connectivity index (χ4n) is 3.49. The van der Waals surface area contributed by atoms with E-state index in [2.05, 4.69) is 10.3 Å². The number of likely N-dealkylation sites (tertiary alicyclic amines) is 1. The molecule has 2 fully saturated rings. The normalized spacial score (nSPS) is 23.1. The summed E-state index contributed by atoms with van der Waals surface area (Å²) in [5.74, 6) is -0.364. The van der Waals surface area contributed by atoms with E-state index < -0.39 is 11.7 Å². The summed E-state index contributed by atoms with van der Waals surface area (Å²) in [6.07, 6.45) is 2.32. The number of nitrogens with zero attached hydrogens (tertiary/aromatic N) is 3. The molecule has 132 valence electrons. The Bertz CT molecular complexity index is 949. The minimum Gasteiger partial charge on any atom is -0.439 e. The zero-order valence-electron chi connectivity index (χ0n) is 14.0. The first kappa shape index (κ1) is 16.1. The van der Waals surface area contributed by atoms with Crippen molar-refractivity contribution in [2.75, 3.05) is 19.6 Å². The number of aromatic nitrogens is 2. The highest BCUT2D eigenvalue weighted by atomic mass is 32.1. The lowest BCUT2D eigenvalue weighted by Gasteiger charge is -2.38. The van der Waals surface area contributed by atoms with Gasteiger partial charge in [-0.1, -0.05) is 0 Å². The molecule has 0 aromatic carbocycles. The number of aryl methyl sites for hydroxylation is 2. The Kier molecular flexibility index (Phi) is 3.57. The first-order chi connectivity index (χ1) is 11.9. The Morgan fingerprint density at radius 1 is 1.40 bits per heavy atom. The summed E-state index contributed by atoms with van der Waals surface area (Å²) in [7, 11) is 0. The lowest BCUT2D eigenvalue weighted by Crippen LogP contribution is -2.53. The van der Waals surface area contributed by atoms with E-state index in [1.54, 1.807) is 4.90 Å². The predicted molar refractivity (Wildman–Crippen MR) is 91.2 cm³/mol. The third kappa shape index (κ3) is 2.50. The number of ether oxygens (including phenoxy) is 1. The number of alkyl carbamates (subject to hydrolysis) is 1. The zero-order valence-corrected chi connectivity index (χ0v) is 14.8. The number of piperidine rings is 1. The van der Waals surface area contributed by atoms with Crippen LogP contribution in [-0.4, -0.2) is 51.5 Å². The van der Waals surface area contributed by atoms with Crippen LogP contribution in [0, 0.1) is 13.8 Å². The van der Waals surface area contributed by atoms with E-state index in [1.165, 1.54) is 21.9 Å². The maximum Gasteiger partial charge on any atom is 0.407 e. The first-order valence-electron chi connectivity index (χ1n) is 8.14. The second-order valence-electron chi connectivity index (χ2n) is 6.60. The number of nitrogens with one attached hydrogen (secondary N) is 1. The number of amides is 2. The molecule has 1 N–H and O–H groups in total. The van der Waals surface area contributed by atoms with E-state index in [1.807, 2.05) is 13.8 Å². The van der Waals surface area contributed by atoms with Crippen LogP contribution in [0.1, 0.15) is 33.8 Å². The van der Waals surface area contributed by atoms with Crippen LogP contribution in [0.5, 0.6) is 0 Å². The quantitative estimate of drug-likeness (QED) is 0.820. The van der Waals surface area contributed by atoms with Crippen LogP contribution in [0.2, 0.25) is 0 Å². The molecule has 2 aliphatic rings. The van der Waals surface area contributed by atoms with Crippen molar-refractivity contribution < 1.29 is 14.3 Å². The molecule has 25 heavy (non-hydrogen) atoms. The predicted octanol–water partition coefficient (Wildman–Crippen LogP) is 1.09. The van der Waals surface area contributed by atoms with Gasteiger partial charge in [-0.15, -0.1) is 11.3 Å². The molecule has 4 heterocycles. The molecule has 2 saturated heterocycles. The number of rotatable bonds is 1. The van der Waals surface area contributed by atoms with Gasteiger partial charge in [0, 0.05) is 23.3 Å². The second-order valence-corrected chi connectivity index (χ2v) is 7.78. The molecule has 0 bridgehead atoms. The van der Waals surface area contributed by atoms with E-state index in [4.69, 9.17) is 4.74 Å². The Hall–Kier alpha value is -2.42. The molecule has 0 unspecified atom stereocenters. The van der Waals surface area contributed by atoms with Gasteiger partial charge in [-0.2, -0.15) is 0 Å². The molecule has 2 aromatic rings. The molecule has 9 heteroatoms. The molecular formula is C16H18N4O4S. The molecule has 2 aliphatic heterocycles. The molecule has 8 nitrogen and oxygen atoms in total. The van der Waals surface area contributed by atoms with E-state index >= 15 is 0 Å². The average molecular weight is 362 g/mol. The second kappa shape index (κ2) is 5.55. The summed E-state index contributed by atoms with van der Waals surface area (Å²) in [5, 5.41) is 2.65. The van der Waals surface area contributed by atoms with Crippen molar-refractivity contribution in [3.05, 3.63) is 32.7 Å². The highest BCUT2D eigenvalue weighted by Crippen LogP contribution is 2.28. The fraction of sp³-hybridized carbons (Fsp3) is 0.500. The van der Waals surface area contributed by atoms with Crippen molar-refractivity contribution in [1.82, 2.24) is 19.6 Å². The van der Waals surface area contributed by atoms with Gasteiger partial charge in [0.2, 0.25) is 0 Å². The highest BCUT2D eigenvalue weighted by Gasteiger charge is 2.45. The van der Waals surface area contributed by atoms with Crippen LogP contribution in [0.25, 0.3) is 4.96 Å². The molecule has 1 atom stereocenters. The number of thiazole rings is 1. The summed E-state index contributed by atoms with van der Waals surface area (Å²) in [6.45, 7) is 4.96.